The molecule has 17 heavy (non-hydrogen) atoms. The minimum atomic E-state index is 0.313. The fourth-order valence-corrected chi connectivity index (χ4v) is 2.11. The van der Waals surface area contributed by atoms with Crippen molar-refractivity contribution >= 4 is 5.84 Å². The normalized spacial score (nSPS) is 13.2. The van der Waals surface area contributed by atoms with Gasteiger partial charge in [-0.15, -0.1) is 0 Å². The van der Waals surface area contributed by atoms with Gasteiger partial charge in [0.15, 0.2) is 0 Å². The summed E-state index contributed by atoms with van der Waals surface area (Å²) in [6, 6.07) is 0. The van der Waals surface area contributed by atoms with Gasteiger partial charge in [-0.25, -0.2) is 0 Å². The average Bonchev–Trinajstić information content (AvgIpc) is 2.24. The van der Waals surface area contributed by atoms with Gasteiger partial charge in [0.2, 0.25) is 0 Å². The molecule has 0 saturated carbocycles. The highest BCUT2D eigenvalue weighted by Crippen LogP contribution is 2.22. The molecule has 4 nitrogen and oxygen atoms in total. The quantitative estimate of drug-likeness (QED) is 0.446. The van der Waals surface area contributed by atoms with E-state index in [1.165, 1.54) is 0 Å². The summed E-state index contributed by atoms with van der Waals surface area (Å²) in [5.41, 5.74) is 11.2. The first kappa shape index (κ1) is 16.4. The summed E-state index contributed by atoms with van der Waals surface area (Å²) in [4.78, 5) is 2.03. The zero-order valence-electron chi connectivity index (χ0n) is 11.9. The fourth-order valence-electron chi connectivity index (χ4n) is 2.11. The molecule has 0 aliphatic carbocycles. The molecule has 0 bridgehead atoms. The van der Waals surface area contributed by atoms with E-state index in [1.807, 2.05) is 4.90 Å². The van der Waals surface area contributed by atoms with E-state index in [0.29, 0.717) is 36.7 Å². The zero-order chi connectivity index (χ0) is 13.4. The lowest BCUT2D eigenvalue weighted by atomic mass is 9.86. The first-order chi connectivity index (χ1) is 7.93. The van der Waals surface area contributed by atoms with Crippen LogP contribution < -0.4 is 11.5 Å². The predicted molar refractivity (Wildman–Crippen MR) is 75.2 cm³/mol. The summed E-state index contributed by atoms with van der Waals surface area (Å²) in [7, 11) is 0. The van der Waals surface area contributed by atoms with Gasteiger partial charge in [-0.05, 0) is 18.3 Å². The molecule has 0 fully saturated rings. The minimum absolute atomic E-state index is 0.313. The summed E-state index contributed by atoms with van der Waals surface area (Å²) in [6.07, 6.45) is 1.06. The van der Waals surface area contributed by atoms with Crippen LogP contribution in [0.1, 0.15) is 34.1 Å². The van der Waals surface area contributed by atoms with Crippen LogP contribution in [0, 0.1) is 23.2 Å². The van der Waals surface area contributed by atoms with Gasteiger partial charge in [-0.2, -0.15) is 0 Å². The van der Waals surface area contributed by atoms with Gasteiger partial charge in [-0.1, -0.05) is 27.7 Å². The van der Waals surface area contributed by atoms with Gasteiger partial charge in [0.25, 0.3) is 0 Å². The molecular formula is C13H30N4. The van der Waals surface area contributed by atoms with Gasteiger partial charge in [0, 0.05) is 32.1 Å². The van der Waals surface area contributed by atoms with Crippen molar-refractivity contribution in [2.24, 2.45) is 29.2 Å². The van der Waals surface area contributed by atoms with E-state index in [-0.39, 0.29) is 0 Å². The van der Waals surface area contributed by atoms with Crippen LogP contribution in [0.15, 0.2) is 0 Å². The molecule has 0 amide bonds. The Hall–Kier alpha value is -0.610. The van der Waals surface area contributed by atoms with E-state index in [4.69, 9.17) is 16.9 Å². The van der Waals surface area contributed by atoms with Gasteiger partial charge < -0.3 is 16.4 Å². The molecule has 0 aromatic carbocycles. The van der Waals surface area contributed by atoms with Crippen LogP contribution in [-0.2, 0) is 0 Å². The van der Waals surface area contributed by atoms with E-state index >= 15 is 0 Å². The topological polar surface area (TPSA) is 79.1 Å². The highest BCUT2D eigenvalue weighted by molar-refractivity contribution is 5.82. The summed E-state index contributed by atoms with van der Waals surface area (Å²) in [5, 5.41) is 8.35. The third kappa shape index (κ3) is 6.03. The molecule has 5 N–H and O–H groups in total. The monoisotopic (exact) mass is 242 g/mol. The Balaban J connectivity index is 4.64. The van der Waals surface area contributed by atoms with E-state index in [2.05, 4.69) is 27.7 Å². The Kier molecular flexibility index (Phi) is 8.17. The molecule has 0 heterocycles. The van der Waals surface area contributed by atoms with Crippen molar-refractivity contribution < 1.29 is 0 Å². The van der Waals surface area contributed by atoms with Gasteiger partial charge >= 0.3 is 0 Å². The number of hydrogen-bond acceptors (Lipinski definition) is 3. The highest BCUT2D eigenvalue weighted by Gasteiger charge is 2.23. The lowest BCUT2D eigenvalue weighted by Crippen LogP contribution is -2.43. The van der Waals surface area contributed by atoms with E-state index in [0.717, 1.165) is 19.5 Å². The van der Waals surface area contributed by atoms with Crippen molar-refractivity contribution in [3.63, 3.8) is 0 Å². The van der Waals surface area contributed by atoms with Crippen LogP contribution in [0.4, 0.5) is 0 Å². The molecular weight excluding hydrogens is 212 g/mol. The van der Waals surface area contributed by atoms with Crippen LogP contribution in [0.3, 0.4) is 0 Å². The number of nitrogens with two attached hydrogens (primary N) is 2. The molecule has 1 unspecified atom stereocenters. The minimum Gasteiger partial charge on any atom is -0.358 e. The van der Waals surface area contributed by atoms with E-state index < -0.39 is 0 Å². The van der Waals surface area contributed by atoms with Crippen molar-refractivity contribution in [2.75, 3.05) is 26.2 Å². The molecule has 102 valence electrons. The maximum atomic E-state index is 8.35. The van der Waals surface area contributed by atoms with Crippen molar-refractivity contribution in [1.82, 2.24) is 4.90 Å². The second-order valence-electron chi connectivity index (χ2n) is 5.43. The van der Waals surface area contributed by atoms with Crippen molar-refractivity contribution in [2.45, 2.75) is 34.1 Å². The number of amidine groups is 1. The second-order valence-corrected chi connectivity index (χ2v) is 5.43. The molecule has 0 saturated heterocycles. The predicted octanol–water partition coefficient (Wildman–Crippen LogP) is 1.50. The maximum Gasteiger partial charge on any atom is 0.0993 e. The third-order valence-electron chi connectivity index (χ3n) is 3.02. The highest BCUT2D eigenvalue weighted by atomic mass is 15.2. The van der Waals surface area contributed by atoms with Crippen molar-refractivity contribution in [3.8, 4) is 0 Å². The largest absolute Gasteiger partial charge is 0.358 e. The lowest BCUT2D eigenvalue weighted by molar-refractivity contribution is 0.338. The van der Waals surface area contributed by atoms with Gasteiger partial charge in [0.1, 0.15) is 0 Å². The molecule has 0 radical (unpaired) electrons. The molecule has 0 aliphatic heterocycles. The zero-order valence-corrected chi connectivity index (χ0v) is 11.9. The smallest absolute Gasteiger partial charge is 0.0993 e. The van der Waals surface area contributed by atoms with Gasteiger partial charge in [-0.3, -0.25) is 5.41 Å². The summed E-state index contributed by atoms with van der Waals surface area (Å²) < 4.78 is 0. The molecule has 1 atom stereocenters. The van der Waals surface area contributed by atoms with Crippen LogP contribution >= 0.6 is 0 Å². The number of nitrogens with one attached hydrogen (secondary N) is 1. The first-order valence-corrected chi connectivity index (χ1v) is 6.67. The Labute approximate surface area is 106 Å². The molecule has 0 rings (SSSR count). The van der Waals surface area contributed by atoms with Crippen LogP contribution in [0.25, 0.3) is 0 Å². The molecule has 0 aromatic rings. The van der Waals surface area contributed by atoms with Gasteiger partial charge in [0.05, 0.1) is 5.84 Å². The maximum absolute atomic E-state index is 8.35. The Morgan fingerprint density at radius 3 is 1.82 bits per heavy atom. The van der Waals surface area contributed by atoms with Crippen LogP contribution in [0.2, 0.25) is 0 Å². The molecule has 4 heteroatoms. The van der Waals surface area contributed by atoms with Crippen molar-refractivity contribution in [3.05, 3.63) is 0 Å². The third-order valence-corrected chi connectivity index (χ3v) is 3.02. The fraction of sp³-hybridized carbons (Fsp3) is 0.923. The SMILES string of the molecule is CC(C)CC(C(=N)N(CCN)CCN)C(C)C. The molecule has 0 aliphatic rings. The molecule has 0 aromatic heterocycles. The van der Waals surface area contributed by atoms with E-state index in [9.17, 15) is 0 Å². The lowest BCUT2D eigenvalue weighted by Gasteiger charge is -2.32. The standard InChI is InChI=1S/C13H30N4/c1-10(2)9-12(11(3)4)13(16)17(7-5-14)8-6-15/h10-12,16H,5-9,14-15H2,1-4H3. The Morgan fingerprint density at radius 1 is 1.06 bits per heavy atom. The van der Waals surface area contributed by atoms with Crippen LogP contribution in [0.5, 0.6) is 0 Å². The van der Waals surface area contributed by atoms with Crippen LogP contribution in [-0.4, -0.2) is 36.9 Å². The number of nitrogens with zero attached hydrogens (tertiary/aromatic N) is 1. The number of hydrogen-bond donors (Lipinski definition) is 3. The van der Waals surface area contributed by atoms with E-state index in [1.54, 1.807) is 0 Å². The average molecular weight is 242 g/mol. The summed E-state index contributed by atoms with van der Waals surface area (Å²) in [6.45, 7) is 11.4. The Morgan fingerprint density at radius 2 is 1.53 bits per heavy atom. The first-order valence-electron chi connectivity index (χ1n) is 6.67. The summed E-state index contributed by atoms with van der Waals surface area (Å²) in [5.74, 6) is 2.13. The molecule has 0 spiro atoms. The number of rotatable bonds is 8. The Bertz CT molecular complexity index is 207. The van der Waals surface area contributed by atoms with Crippen molar-refractivity contribution in [1.29, 1.82) is 5.41 Å². The second kappa shape index (κ2) is 8.48. The summed E-state index contributed by atoms with van der Waals surface area (Å²) >= 11 is 0.